The van der Waals surface area contributed by atoms with Crippen LogP contribution in [0.25, 0.3) is 0 Å². The van der Waals surface area contributed by atoms with Gasteiger partial charge in [-0.25, -0.2) is 9.97 Å². The molecule has 0 amide bonds. The van der Waals surface area contributed by atoms with Crippen LogP contribution in [0.3, 0.4) is 0 Å². The number of nitrogens with one attached hydrogen (secondary N) is 1. The van der Waals surface area contributed by atoms with E-state index in [1.807, 2.05) is 17.9 Å². The third-order valence-electron chi connectivity index (χ3n) is 2.97. The molecule has 0 aliphatic heterocycles. The van der Waals surface area contributed by atoms with Crippen molar-refractivity contribution < 1.29 is 0 Å². The monoisotopic (exact) mass is 232 g/mol. The Labute approximate surface area is 99.7 Å². The largest absolute Gasteiger partial charge is 0.330 e. The average Bonchev–Trinajstić information content (AvgIpc) is 2.92. The van der Waals surface area contributed by atoms with Crippen LogP contribution >= 0.6 is 0 Å². The fraction of sp³-hybridized carbons (Fsp3) is 0.545. The summed E-state index contributed by atoms with van der Waals surface area (Å²) in [6.07, 6.45) is 8.09. The lowest BCUT2D eigenvalue weighted by molar-refractivity contribution is 0.650. The molecule has 2 aromatic rings. The zero-order valence-corrected chi connectivity index (χ0v) is 9.87. The molecular formula is C11H16N6. The van der Waals surface area contributed by atoms with Crippen molar-refractivity contribution in [2.75, 3.05) is 0 Å². The number of imidazole rings is 1. The van der Waals surface area contributed by atoms with E-state index in [1.54, 1.807) is 11.0 Å². The van der Waals surface area contributed by atoms with Gasteiger partial charge in [0.05, 0.1) is 18.6 Å². The maximum Gasteiger partial charge on any atom is 0.146 e. The van der Waals surface area contributed by atoms with Gasteiger partial charge in [-0.2, -0.15) is 5.10 Å². The zero-order valence-electron chi connectivity index (χ0n) is 9.87. The molecule has 3 rings (SSSR count). The van der Waals surface area contributed by atoms with Crippen LogP contribution in [0.15, 0.2) is 18.9 Å². The van der Waals surface area contributed by atoms with Crippen molar-refractivity contribution in [3.8, 4) is 0 Å². The molecule has 6 heteroatoms. The molecule has 0 saturated heterocycles. The van der Waals surface area contributed by atoms with Crippen LogP contribution in [0.5, 0.6) is 0 Å². The first-order chi connectivity index (χ1) is 8.31. The Hall–Kier alpha value is -1.69. The smallest absolute Gasteiger partial charge is 0.146 e. The summed E-state index contributed by atoms with van der Waals surface area (Å²) in [6.45, 7) is 1.57. The van der Waals surface area contributed by atoms with Gasteiger partial charge in [-0.15, -0.1) is 0 Å². The Bertz CT molecular complexity index is 496. The van der Waals surface area contributed by atoms with E-state index in [2.05, 4.69) is 26.6 Å². The summed E-state index contributed by atoms with van der Waals surface area (Å²) >= 11 is 0. The lowest BCUT2D eigenvalue weighted by Crippen LogP contribution is -2.15. The molecule has 0 radical (unpaired) electrons. The highest BCUT2D eigenvalue weighted by Crippen LogP contribution is 2.18. The lowest BCUT2D eigenvalue weighted by atomic mass is 10.4. The Morgan fingerprint density at radius 3 is 3.00 bits per heavy atom. The van der Waals surface area contributed by atoms with Gasteiger partial charge in [-0.1, -0.05) is 0 Å². The second-order valence-corrected chi connectivity index (χ2v) is 4.49. The normalized spacial score (nSPS) is 15.4. The SMILES string of the molecule is Cn1ncnc1Cn1cnc(CNC2CC2)c1. The highest BCUT2D eigenvalue weighted by Gasteiger charge is 2.20. The number of aryl methyl sites for hydroxylation is 1. The topological polar surface area (TPSA) is 60.6 Å². The molecule has 1 aliphatic carbocycles. The number of hydrogen-bond donors (Lipinski definition) is 1. The Morgan fingerprint density at radius 1 is 1.41 bits per heavy atom. The number of hydrogen-bond acceptors (Lipinski definition) is 4. The third kappa shape index (κ3) is 2.52. The predicted octanol–water partition coefficient (Wildman–Crippen LogP) is 0.312. The standard InChI is InChI=1S/C11H16N6/c1-16-11(13-7-15-16)6-17-5-10(14-8-17)4-12-9-2-3-9/h5,7-9,12H,2-4,6H2,1H3. The van der Waals surface area contributed by atoms with E-state index in [-0.39, 0.29) is 0 Å². The number of aromatic nitrogens is 5. The minimum Gasteiger partial charge on any atom is -0.330 e. The van der Waals surface area contributed by atoms with Crippen LogP contribution in [-0.4, -0.2) is 30.4 Å². The Balaban J connectivity index is 1.61. The molecule has 6 nitrogen and oxygen atoms in total. The summed E-state index contributed by atoms with van der Waals surface area (Å²) in [6, 6.07) is 0.721. The van der Waals surface area contributed by atoms with E-state index in [0.717, 1.165) is 24.1 Å². The third-order valence-corrected chi connectivity index (χ3v) is 2.97. The molecule has 0 unspecified atom stereocenters. The van der Waals surface area contributed by atoms with Crippen molar-refractivity contribution in [2.24, 2.45) is 7.05 Å². The summed E-state index contributed by atoms with van der Waals surface area (Å²) < 4.78 is 3.82. The number of rotatable bonds is 5. The Morgan fingerprint density at radius 2 is 2.29 bits per heavy atom. The van der Waals surface area contributed by atoms with Crippen molar-refractivity contribution in [3.63, 3.8) is 0 Å². The van der Waals surface area contributed by atoms with Gasteiger partial charge in [0.2, 0.25) is 0 Å². The van der Waals surface area contributed by atoms with Gasteiger partial charge in [0.25, 0.3) is 0 Å². The molecule has 2 heterocycles. The summed E-state index contributed by atoms with van der Waals surface area (Å²) in [5.41, 5.74) is 1.08. The van der Waals surface area contributed by atoms with E-state index in [1.165, 1.54) is 12.8 Å². The molecule has 2 aromatic heterocycles. The van der Waals surface area contributed by atoms with Gasteiger partial charge in [0, 0.05) is 25.8 Å². The van der Waals surface area contributed by atoms with Crippen LogP contribution in [-0.2, 0) is 20.1 Å². The first-order valence-corrected chi connectivity index (χ1v) is 5.88. The van der Waals surface area contributed by atoms with E-state index in [0.29, 0.717) is 6.54 Å². The van der Waals surface area contributed by atoms with Gasteiger partial charge >= 0.3 is 0 Å². The summed E-state index contributed by atoms with van der Waals surface area (Å²) in [7, 11) is 1.90. The molecule has 0 aromatic carbocycles. The first-order valence-electron chi connectivity index (χ1n) is 5.88. The maximum absolute atomic E-state index is 4.37. The first kappa shape index (κ1) is 10.5. The molecule has 90 valence electrons. The molecule has 17 heavy (non-hydrogen) atoms. The van der Waals surface area contributed by atoms with E-state index in [4.69, 9.17) is 0 Å². The second-order valence-electron chi connectivity index (χ2n) is 4.49. The van der Waals surface area contributed by atoms with Crippen LogP contribution < -0.4 is 5.32 Å². The van der Waals surface area contributed by atoms with Crippen LogP contribution in [0.2, 0.25) is 0 Å². The van der Waals surface area contributed by atoms with Crippen molar-refractivity contribution >= 4 is 0 Å². The predicted molar refractivity (Wildman–Crippen MR) is 62.2 cm³/mol. The van der Waals surface area contributed by atoms with Gasteiger partial charge in [0.15, 0.2) is 0 Å². The van der Waals surface area contributed by atoms with Gasteiger partial charge < -0.3 is 9.88 Å². The fourth-order valence-electron chi connectivity index (χ4n) is 1.75. The highest BCUT2D eigenvalue weighted by atomic mass is 15.3. The van der Waals surface area contributed by atoms with Gasteiger partial charge in [-0.3, -0.25) is 4.68 Å². The number of nitrogens with zero attached hydrogens (tertiary/aromatic N) is 5. The lowest BCUT2D eigenvalue weighted by Gasteiger charge is -2.01. The maximum atomic E-state index is 4.37. The molecule has 1 fully saturated rings. The quantitative estimate of drug-likeness (QED) is 0.806. The molecule has 0 spiro atoms. The zero-order chi connectivity index (χ0) is 11.7. The Kier molecular flexibility index (Phi) is 2.64. The van der Waals surface area contributed by atoms with E-state index < -0.39 is 0 Å². The summed E-state index contributed by atoms with van der Waals surface area (Å²) in [5, 5.41) is 7.49. The molecule has 0 bridgehead atoms. The van der Waals surface area contributed by atoms with E-state index in [9.17, 15) is 0 Å². The molecule has 1 saturated carbocycles. The molecular weight excluding hydrogens is 216 g/mol. The van der Waals surface area contributed by atoms with Crippen molar-refractivity contribution in [3.05, 3.63) is 30.4 Å². The molecule has 1 aliphatic rings. The summed E-state index contributed by atoms with van der Waals surface area (Å²) in [5.74, 6) is 0.934. The van der Waals surface area contributed by atoms with Crippen LogP contribution in [0.1, 0.15) is 24.4 Å². The van der Waals surface area contributed by atoms with Gasteiger partial charge in [-0.05, 0) is 12.8 Å². The van der Waals surface area contributed by atoms with E-state index >= 15 is 0 Å². The van der Waals surface area contributed by atoms with Crippen molar-refractivity contribution in [1.82, 2.24) is 29.6 Å². The average molecular weight is 232 g/mol. The fourth-order valence-corrected chi connectivity index (χ4v) is 1.75. The second kappa shape index (κ2) is 4.29. The highest BCUT2D eigenvalue weighted by molar-refractivity contribution is 4.99. The van der Waals surface area contributed by atoms with Crippen LogP contribution in [0, 0.1) is 0 Å². The minimum atomic E-state index is 0.715. The minimum absolute atomic E-state index is 0.715. The molecule has 0 atom stereocenters. The summed E-state index contributed by atoms with van der Waals surface area (Å²) in [4.78, 5) is 8.56. The van der Waals surface area contributed by atoms with Gasteiger partial charge in [0.1, 0.15) is 12.2 Å². The molecule has 1 N–H and O–H groups in total. The van der Waals surface area contributed by atoms with Crippen molar-refractivity contribution in [2.45, 2.75) is 32.0 Å². The van der Waals surface area contributed by atoms with Crippen molar-refractivity contribution in [1.29, 1.82) is 0 Å². The van der Waals surface area contributed by atoms with Crippen LogP contribution in [0.4, 0.5) is 0 Å².